The lowest BCUT2D eigenvalue weighted by molar-refractivity contribution is -0.122. The van der Waals surface area contributed by atoms with Gasteiger partial charge in [-0.25, -0.2) is 4.98 Å². The zero-order valence-corrected chi connectivity index (χ0v) is 17.9. The van der Waals surface area contributed by atoms with Crippen LogP contribution < -0.4 is 14.8 Å². The van der Waals surface area contributed by atoms with Crippen LogP contribution >= 0.6 is 11.3 Å². The smallest absolute Gasteiger partial charge is 0.290 e. The van der Waals surface area contributed by atoms with E-state index in [0.29, 0.717) is 0 Å². The Balaban J connectivity index is 0.000000724. The van der Waals surface area contributed by atoms with E-state index in [0.717, 1.165) is 50.3 Å². The van der Waals surface area contributed by atoms with Crippen LogP contribution in [-0.4, -0.2) is 38.0 Å². The van der Waals surface area contributed by atoms with E-state index in [1.54, 1.807) is 5.51 Å². The van der Waals surface area contributed by atoms with Gasteiger partial charge in [-0.1, -0.05) is 29.5 Å². The molecule has 10 heteroatoms. The number of anilines is 2. The van der Waals surface area contributed by atoms with Gasteiger partial charge in [0, 0.05) is 17.4 Å². The van der Waals surface area contributed by atoms with Crippen LogP contribution in [0.1, 0.15) is 0 Å². The van der Waals surface area contributed by atoms with Crippen LogP contribution in [0.15, 0.2) is 72.5 Å². The Kier molecular flexibility index (Phi) is 5.56. The van der Waals surface area contributed by atoms with Gasteiger partial charge < -0.3 is 19.9 Å². The Morgan fingerprint density at radius 2 is 1.88 bits per heavy atom. The van der Waals surface area contributed by atoms with Crippen molar-refractivity contribution in [1.29, 1.82) is 0 Å². The van der Waals surface area contributed by atoms with E-state index in [-0.39, 0.29) is 13.3 Å². The highest BCUT2D eigenvalue weighted by molar-refractivity contribution is 7.13. The zero-order chi connectivity index (χ0) is 22.6. The van der Waals surface area contributed by atoms with Gasteiger partial charge in [0.25, 0.3) is 6.47 Å². The molecule has 0 fully saturated rings. The lowest BCUT2D eigenvalue weighted by atomic mass is 10.1. The largest absolute Gasteiger partial charge is 0.483 e. The van der Waals surface area contributed by atoms with Gasteiger partial charge in [-0.05, 0) is 47.5 Å². The number of pyridine rings is 1. The standard InChI is InChI=1S/C22H15N5O2S.CH2O2/c1-2-16(8-17(3-1)25-22-26-24-12-30-22)18-11-23-21-10-15(6-7-27(18)21)14-4-5-19-20(9-14)29-13-28-19;2-1-3/h1-12H,13H2,(H,25,26);1H,(H,2,3). The van der Waals surface area contributed by atoms with E-state index in [1.807, 2.05) is 42.7 Å². The van der Waals surface area contributed by atoms with Crippen molar-refractivity contribution in [1.82, 2.24) is 19.6 Å². The van der Waals surface area contributed by atoms with Crippen LogP contribution in [0.5, 0.6) is 11.5 Å². The minimum absolute atomic E-state index is 0.250. The fourth-order valence-electron chi connectivity index (χ4n) is 3.56. The third-order valence-corrected chi connectivity index (χ3v) is 5.60. The summed E-state index contributed by atoms with van der Waals surface area (Å²) >= 11 is 1.46. The van der Waals surface area contributed by atoms with E-state index in [2.05, 4.69) is 49.2 Å². The molecule has 0 bridgehead atoms. The first-order valence-electron chi connectivity index (χ1n) is 9.84. The summed E-state index contributed by atoms with van der Waals surface area (Å²) in [6.07, 6.45) is 3.94. The first-order valence-corrected chi connectivity index (χ1v) is 10.7. The maximum absolute atomic E-state index is 8.36. The molecule has 3 aromatic heterocycles. The van der Waals surface area contributed by atoms with Crippen LogP contribution in [0, 0.1) is 0 Å². The van der Waals surface area contributed by atoms with E-state index < -0.39 is 0 Å². The fourth-order valence-corrected chi connectivity index (χ4v) is 4.02. The summed E-state index contributed by atoms with van der Waals surface area (Å²) in [5.74, 6) is 1.56. The summed E-state index contributed by atoms with van der Waals surface area (Å²) in [6.45, 7) is 0.0222. The molecule has 9 nitrogen and oxygen atoms in total. The number of aromatic nitrogens is 4. The second-order valence-electron chi connectivity index (χ2n) is 6.91. The Morgan fingerprint density at radius 1 is 1.03 bits per heavy atom. The SMILES string of the molecule is O=CO.c1cc(Nc2nncs2)cc(-c2cnc3cc(-c4ccc5c(c4)OCO5)ccn23)c1. The quantitative estimate of drug-likeness (QED) is 0.372. The predicted molar refractivity (Wildman–Crippen MR) is 124 cm³/mol. The second kappa shape index (κ2) is 8.97. The van der Waals surface area contributed by atoms with Gasteiger partial charge in [0.05, 0.1) is 11.9 Å². The van der Waals surface area contributed by atoms with E-state index >= 15 is 0 Å². The topological polar surface area (TPSA) is 111 Å². The molecule has 6 rings (SSSR count). The van der Waals surface area contributed by atoms with Gasteiger partial charge in [0.1, 0.15) is 11.2 Å². The van der Waals surface area contributed by atoms with Gasteiger partial charge in [-0.15, -0.1) is 10.2 Å². The minimum atomic E-state index is -0.250. The Bertz CT molecular complexity index is 1420. The van der Waals surface area contributed by atoms with E-state index in [9.17, 15) is 0 Å². The molecule has 33 heavy (non-hydrogen) atoms. The van der Waals surface area contributed by atoms with Crippen molar-refractivity contribution in [3.05, 3.63) is 72.5 Å². The number of rotatable bonds is 4. The molecule has 4 heterocycles. The maximum Gasteiger partial charge on any atom is 0.290 e. The molecule has 0 amide bonds. The normalized spacial score (nSPS) is 11.6. The van der Waals surface area contributed by atoms with Crippen molar-refractivity contribution in [2.75, 3.05) is 12.1 Å². The number of imidazole rings is 1. The van der Waals surface area contributed by atoms with Crippen molar-refractivity contribution in [2.45, 2.75) is 0 Å². The van der Waals surface area contributed by atoms with Gasteiger partial charge in [0.2, 0.25) is 11.9 Å². The second-order valence-corrected chi connectivity index (χ2v) is 7.74. The molecule has 0 aliphatic carbocycles. The highest BCUT2D eigenvalue weighted by atomic mass is 32.1. The van der Waals surface area contributed by atoms with Gasteiger partial charge in [0.15, 0.2) is 11.5 Å². The number of fused-ring (bicyclic) bond motifs is 2. The molecular formula is C23H17N5O4S. The van der Waals surface area contributed by atoms with Crippen LogP contribution in [0.2, 0.25) is 0 Å². The van der Waals surface area contributed by atoms with Crippen molar-refractivity contribution in [3.63, 3.8) is 0 Å². The Morgan fingerprint density at radius 3 is 2.73 bits per heavy atom. The average molecular weight is 459 g/mol. The molecule has 0 radical (unpaired) electrons. The summed E-state index contributed by atoms with van der Waals surface area (Å²) in [7, 11) is 0. The number of ether oxygens (including phenoxy) is 2. The molecule has 2 aromatic carbocycles. The van der Waals surface area contributed by atoms with Crippen molar-refractivity contribution in [3.8, 4) is 33.9 Å². The van der Waals surface area contributed by atoms with Gasteiger partial charge in [-0.2, -0.15) is 0 Å². The minimum Gasteiger partial charge on any atom is -0.483 e. The van der Waals surface area contributed by atoms with E-state index in [1.165, 1.54) is 11.3 Å². The number of hydrogen-bond donors (Lipinski definition) is 2. The fraction of sp³-hybridized carbons (Fsp3) is 0.0435. The lowest BCUT2D eigenvalue weighted by Gasteiger charge is -2.08. The number of benzene rings is 2. The molecule has 1 aliphatic heterocycles. The highest BCUT2D eigenvalue weighted by Gasteiger charge is 2.15. The molecule has 0 spiro atoms. The molecule has 0 saturated heterocycles. The molecule has 2 N–H and O–H groups in total. The monoisotopic (exact) mass is 459 g/mol. The molecule has 0 atom stereocenters. The van der Waals surface area contributed by atoms with Crippen LogP contribution in [-0.2, 0) is 4.79 Å². The first-order chi connectivity index (χ1) is 16.2. The van der Waals surface area contributed by atoms with Gasteiger partial charge >= 0.3 is 0 Å². The van der Waals surface area contributed by atoms with Crippen LogP contribution in [0.25, 0.3) is 28.0 Å². The number of hydrogen-bond acceptors (Lipinski definition) is 8. The Hall–Kier alpha value is -4.44. The van der Waals surface area contributed by atoms with Crippen LogP contribution in [0.4, 0.5) is 10.8 Å². The summed E-state index contributed by atoms with van der Waals surface area (Å²) in [5, 5.41) is 18.8. The van der Waals surface area contributed by atoms with E-state index in [4.69, 9.17) is 19.4 Å². The molecule has 0 saturated carbocycles. The third kappa shape index (κ3) is 4.19. The van der Waals surface area contributed by atoms with Crippen molar-refractivity contribution in [2.24, 2.45) is 0 Å². The zero-order valence-electron chi connectivity index (χ0n) is 17.1. The number of nitrogens with zero attached hydrogens (tertiary/aromatic N) is 4. The number of carbonyl (C=O) groups is 1. The summed E-state index contributed by atoms with van der Waals surface area (Å²) < 4.78 is 13.0. The molecule has 5 aromatic rings. The molecule has 1 aliphatic rings. The van der Waals surface area contributed by atoms with Crippen molar-refractivity contribution >= 4 is 34.3 Å². The summed E-state index contributed by atoms with van der Waals surface area (Å²) in [4.78, 5) is 13.0. The molecule has 164 valence electrons. The highest BCUT2D eigenvalue weighted by Crippen LogP contribution is 2.36. The first kappa shape index (κ1) is 20.5. The van der Waals surface area contributed by atoms with Crippen LogP contribution in [0.3, 0.4) is 0 Å². The maximum atomic E-state index is 8.36. The Labute approximate surface area is 191 Å². The third-order valence-electron chi connectivity index (χ3n) is 4.99. The summed E-state index contributed by atoms with van der Waals surface area (Å²) in [5.41, 5.74) is 7.75. The van der Waals surface area contributed by atoms with Gasteiger partial charge in [-0.3, -0.25) is 9.20 Å². The molecular weight excluding hydrogens is 442 g/mol. The predicted octanol–water partition coefficient (Wildman–Crippen LogP) is 4.69. The van der Waals surface area contributed by atoms with Crippen molar-refractivity contribution < 1.29 is 19.4 Å². The number of nitrogens with one attached hydrogen (secondary N) is 1. The molecule has 0 unspecified atom stereocenters. The lowest BCUT2D eigenvalue weighted by Crippen LogP contribution is -1.93. The average Bonchev–Trinajstić information content (AvgIpc) is 3.59. The summed E-state index contributed by atoms with van der Waals surface area (Å²) in [6, 6.07) is 18.3. The number of carboxylic acid groups (broad SMARTS) is 1.